The smallest absolute Gasteiger partial charge is 0.408 e. The molecule has 1 saturated heterocycles. The van der Waals surface area contributed by atoms with Gasteiger partial charge in [0.15, 0.2) is 5.82 Å². The summed E-state index contributed by atoms with van der Waals surface area (Å²) in [4.78, 5) is 29.9. The zero-order chi connectivity index (χ0) is 20.3. The summed E-state index contributed by atoms with van der Waals surface area (Å²) in [6.45, 7) is 6.21. The largest absolute Gasteiger partial charge is 0.444 e. The highest BCUT2D eigenvalue weighted by Crippen LogP contribution is 2.27. The molecule has 0 radical (unpaired) electrons. The third-order valence-electron chi connectivity index (χ3n) is 4.13. The first-order chi connectivity index (χ1) is 13.2. The van der Waals surface area contributed by atoms with Crippen LogP contribution in [-0.2, 0) is 22.6 Å². The zero-order valence-corrected chi connectivity index (χ0v) is 16.1. The van der Waals surface area contributed by atoms with E-state index in [-0.39, 0.29) is 36.5 Å². The molecule has 0 saturated carbocycles. The lowest BCUT2D eigenvalue weighted by Crippen LogP contribution is -2.32. The van der Waals surface area contributed by atoms with E-state index in [0.717, 1.165) is 5.56 Å². The lowest BCUT2D eigenvalue weighted by molar-refractivity contribution is -0.128. The van der Waals surface area contributed by atoms with Gasteiger partial charge in [-0.25, -0.2) is 9.18 Å². The molecule has 1 aliphatic rings. The quantitative estimate of drug-likeness (QED) is 0.843. The molecule has 8 nitrogen and oxygen atoms in total. The first-order valence-electron chi connectivity index (χ1n) is 9.01. The van der Waals surface area contributed by atoms with Crippen LogP contribution in [0.3, 0.4) is 0 Å². The summed E-state index contributed by atoms with van der Waals surface area (Å²) in [6.07, 6.45) is -0.298. The van der Waals surface area contributed by atoms with Crippen LogP contribution in [0.15, 0.2) is 28.8 Å². The number of benzene rings is 1. The SMILES string of the molecule is CC(C)(C)OC(=O)NCc1nc(C2CC(=O)N(Cc3ccc(F)cc3)C2)no1. The normalized spacial score (nSPS) is 17.1. The molecule has 1 aromatic carbocycles. The van der Waals surface area contributed by atoms with Crippen LogP contribution < -0.4 is 5.32 Å². The van der Waals surface area contributed by atoms with Crippen molar-refractivity contribution in [2.45, 2.75) is 51.8 Å². The van der Waals surface area contributed by atoms with Crippen molar-refractivity contribution in [2.75, 3.05) is 6.54 Å². The number of aromatic nitrogens is 2. The summed E-state index contributed by atoms with van der Waals surface area (Å²) in [6, 6.07) is 6.06. The van der Waals surface area contributed by atoms with Crippen molar-refractivity contribution in [3.63, 3.8) is 0 Å². The fourth-order valence-electron chi connectivity index (χ4n) is 2.88. The first-order valence-corrected chi connectivity index (χ1v) is 9.01. The standard InChI is InChI=1S/C19H23FN4O4/c1-19(2,3)27-18(26)21-9-15-22-17(23-28-15)13-8-16(25)24(11-13)10-12-4-6-14(20)7-5-12/h4-7,13H,8-11H2,1-3H3,(H,21,26). The summed E-state index contributed by atoms with van der Waals surface area (Å²) in [7, 11) is 0. The van der Waals surface area contributed by atoms with E-state index in [0.29, 0.717) is 18.9 Å². The monoisotopic (exact) mass is 390 g/mol. The summed E-state index contributed by atoms with van der Waals surface area (Å²) < 4.78 is 23.3. The van der Waals surface area contributed by atoms with Crippen LogP contribution in [-0.4, -0.2) is 39.2 Å². The maximum Gasteiger partial charge on any atom is 0.408 e. The van der Waals surface area contributed by atoms with Crippen molar-refractivity contribution in [3.05, 3.63) is 47.4 Å². The van der Waals surface area contributed by atoms with Gasteiger partial charge in [-0.15, -0.1) is 0 Å². The Morgan fingerprint density at radius 3 is 2.75 bits per heavy atom. The molecule has 9 heteroatoms. The predicted octanol–water partition coefficient (Wildman–Crippen LogP) is 2.75. The van der Waals surface area contributed by atoms with Crippen molar-refractivity contribution >= 4 is 12.0 Å². The summed E-state index contributed by atoms with van der Waals surface area (Å²) in [5, 5.41) is 6.48. The van der Waals surface area contributed by atoms with Crippen molar-refractivity contribution in [3.8, 4) is 0 Å². The Balaban J connectivity index is 1.54. The number of nitrogens with zero attached hydrogens (tertiary/aromatic N) is 3. The number of hydrogen-bond acceptors (Lipinski definition) is 6. The molecule has 1 unspecified atom stereocenters. The highest BCUT2D eigenvalue weighted by atomic mass is 19.1. The van der Waals surface area contributed by atoms with Crippen LogP contribution in [0.25, 0.3) is 0 Å². The average molecular weight is 390 g/mol. The summed E-state index contributed by atoms with van der Waals surface area (Å²) >= 11 is 0. The van der Waals surface area contributed by atoms with Gasteiger partial charge in [0.25, 0.3) is 0 Å². The van der Waals surface area contributed by atoms with Gasteiger partial charge in [-0.1, -0.05) is 17.3 Å². The molecule has 28 heavy (non-hydrogen) atoms. The highest BCUT2D eigenvalue weighted by Gasteiger charge is 2.33. The Morgan fingerprint density at radius 2 is 2.07 bits per heavy atom. The van der Waals surface area contributed by atoms with E-state index >= 15 is 0 Å². The second kappa shape index (κ2) is 7.95. The van der Waals surface area contributed by atoms with Crippen molar-refractivity contribution < 1.29 is 23.2 Å². The number of carbonyl (C=O) groups excluding carboxylic acids is 2. The molecule has 1 atom stereocenters. The minimum atomic E-state index is -0.595. The van der Waals surface area contributed by atoms with E-state index in [9.17, 15) is 14.0 Å². The van der Waals surface area contributed by atoms with E-state index in [1.54, 1.807) is 37.8 Å². The lowest BCUT2D eigenvalue weighted by Gasteiger charge is -2.19. The van der Waals surface area contributed by atoms with Crippen LogP contribution in [0.2, 0.25) is 0 Å². The van der Waals surface area contributed by atoms with Gasteiger partial charge in [-0.05, 0) is 38.5 Å². The van der Waals surface area contributed by atoms with E-state index in [1.807, 2.05) is 0 Å². The zero-order valence-electron chi connectivity index (χ0n) is 16.1. The number of hydrogen-bond donors (Lipinski definition) is 1. The number of amides is 2. The molecule has 2 aromatic rings. The van der Waals surface area contributed by atoms with Crippen LogP contribution in [0.4, 0.5) is 9.18 Å². The topological polar surface area (TPSA) is 97.6 Å². The minimum Gasteiger partial charge on any atom is -0.444 e. The Hall–Kier alpha value is -2.97. The molecular formula is C19H23FN4O4. The lowest BCUT2D eigenvalue weighted by atomic mass is 10.1. The molecule has 0 aliphatic carbocycles. The Morgan fingerprint density at radius 1 is 1.36 bits per heavy atom. The van der Waals surface area contributed by atoms with Gasteiger partial charge in [0, 0.05) is 25.4 Å². The molecule has 3 rings (SSSR count). The highest BCUT2D eigenvalue weighted by molar-refractivity contribution is 5.79. The molecule has 2 amide bonds. The molecule has 150 valence electrons. The second-order valence-corrected chi connectivity index (χ2v) is 7.70. The maximum absolute atomic E-state index is 13.0. The van der Waals surface area contributed by atoms with E-state index in [4.69, 9.17) is 9.26 Å². The Bertz CT molecular complexity index is 844. The van der Waals surface area contributed by atoms with Gasteiger partial charge in [0.1, 0.15) is 18.0 Å². The third-order valence-corrected chi connectivity index (χ3v) is 4.13. The fraction of sp³-hybridized carbons (Fsp3) is 0.474. The third kappa shape index (κ3) is 5.28. The number of rotatable bonds is 5. The van der Waals surface area contributed by atoms with Gasteiger partial charge in [-0.3, -0.25) is 4.79 Å². The second-order valence-electron chi connectivity index (χ2n) is 7.70. The Kier molecular flexibility index (Phi) is 5.62. The molecular weight excluding hydrogens is 367 g/mol. The maximum atomic E-state index is 13.0. The van der Waals surface area contributed by atoms with Crippen molar-refractivity contribution in [1.82, 2.24) is 20.4 Å². The molecule has 1 fully saturated rings. The minimum absolute atomic E-state index is 0.0208. The van der Waals surface area contributed by atoms with Crippen LogP contribution in [0.1, 0.15) is 50.4 Å². The van der Waals surface area contributed by atoms with Crippen LogP contribution in [0.5, 0.6) is 0 Å². The number of nitrogens with one attached hydrogen (secondary N) is 1. The number of halogens is 1. The van der Waals surface area contributed by atoms with Crippen LogP contribution >= 0.6 is 0 Å². The molecule has 0 bridgehead atoms. The van der Waals surface area contributed by atoms with Gasteiger partial charge in [0.2, 0.25) is 11.8 Å². The summed E-state index contributed by atoms with van der Waals surface area (Å²) in [5.41, 5.74) is 0.258. The summed E-state index contributed by atoms with van der Waals surface area (Å²) in [5.74, 6) is 0.148. The van der Waals surface area contributed by atoms with E-state index in [1.165, 1.54) is 12.1 Å². The van der Waals surface area contributed by atoms with Crippen molar-refractivity contribution in [1.29, 1.82) is 0 Å². The molecule has 1 N–H and O–H groups in total. The number of ether oxygens (including phenoxy) is 1. The number of alkyl carbamates (subject to hydrolysis) is 1. The fourth-order valence-corrected chi connectivity index (χ4v) is 2.88. The average Bonchev–Trinajstić information content (AvgIpc) is 3.21. The first kappa shape index (κ1) is 19.8. The Labute approximate surface area is 162 Å². The molecule has 1 aliphatic heterocycles. The van der Waals surface area contributed by atoms with E-state index in [2.05, 4.69) is 15.5 Å². The van der Waals surface area contributed by atoms with Gasteiger partial charge in [-0.2, -0.15) is 4.98 Å². The van der Waals surface area contributed by atoms with Crippen LogP contribution in [0, 0.1) is 5.82 Å². The number of carbonyl (C=O) groups is 2. The van der Waals surface area contributed by atoms with Gasteiger partial charge in [0.05, 0.1) is 0 Å². The van der Waals surface area contributed by atoms with Crippen molar-refractivity contribution in [2.24, 2.45) is 0 Å². The van der Waals surface area contributed by atoms with E-state index < -0.39 is 11.7 Å². The predicted molar refractivity (Wildman–Crippen MR) is 96.5 cm³/mol. The molecule has 1 aromatic heterocycles. The molecule has 0 spiro atoms. The number of likely N-dealkylation sites (tertiary alicyclic amines) is 1. The molecule has 2 heterocycles. The van der Waals surface area contributed by atoms with Gasteiger partial charge < -0.3 is 19.5 Å². The van der Waals surface area contributed by atoms with Gasteiger partial charge >= 0.3 is 6.09 Å².